The minimum atomic E-state index is -3.39. The van der Waals surface area contributed by atoms with Gasteiger partial charge in [0.25, 0.3) is 0 Å². The summed E-state index contributed by atoms with van der Waals surface area (Å²) in [6.45, 7) is 3.98. The molecule has 0 amide bonds. The summed E-state index contributed by atoms with van der Waals surface area (Å²) in [5.41, 5.74) is -0.402. The maximum Gasteiger partial charge on any atom is 0.219 e. The molecule has 5 nitrogen and oxygen atoms in total. The first-order chi connectivity index (χ1) is 7.35. The van der Waals surface area contributed by atoms with Gasteiger partial charge in [0.15, 0.2) is 0 Å². The molecule has 1 saturated heterocycles. The van der Waals surface area contributed by atoms with Crippen molar-refractivity contribution in [3.8, 4) is 0 Å². The van der Waals surface area contributed by atoms with Crippen LogP contribution in [0.5, 0.6) is 0 Å². The number of methoxy groups -OCH3 is 1. The number of hydrogen-bond acceptors (Lipinski definition) is 4. The van der Waals surface area contributed by atoms with Gasteiger partial charge in [-0.2, -0.15) is 4.31 Å². The molecule has 0 aromatic heterocycles. The fourth-order valence-electron chi connectivity index (χ4n) is 1.89. The molecular formula is C10H21NO4S. The number of piperidine rings is 1. The summed E-state index contributed by atoms with van der Waals surface area (Å²) in [4.78, 5) is 0. The van der Waals surface area contributed by atoms with Gasteiger partial charge in [0.2, 0.25) is 10.0 Å². The van der Waals surface area contributed by atoms with Crippen LogP contribution in [0.1, 0.15) is 26.7 Å². The molecule has 0 bridgehead atoms. The smallest absolute Gasteiger partial charge is 0.219 e. The molecule has 6 heteroatoms. The molecule has 2 unspecified atom stereocenters. The summed E-state index contributed by atoms with van der Waals surface area (Å²) >= 11 is 0. The van der Waals surface area contributed by atoms with Crippen LogP contribution >= 0.6 is 0 Å². The zero-order chi connectivity index (χ0) is 12.4. The van der Waals surface area contributed by atoms with Crippen molar-refractivity contribution in [3.63, 3.8) is 0 Å². The standard InChI is InChI=1S/C10H21NO4S/c1-9(7-12)16(13,14)11-6-4-5-10(2,8-11)15-3/h9,12H,4-8H2,1-3H3. The van der Waals surface area contributed by atoms with Gasteiger partial charge in [0.05, 0.1) is 17.5 Å². The van der Waals surface area contributed by atoms with E-state index in [0.29, 0.717) is 13.1 Å². The van der Waals surface area contributed by atoms with Crippen LogP contribution in [-0.4, -0.2) is 55.5 Å². The second-order valence-corrected chi connectivity index (χ2v) is 6.98. The Kier molecular flexibility index (Phi) is 4.34. The van der Waals surface area contributed by atoms with Crippen molar-refractivity contribution >= 4 is 10.0 Å². The first kappa shape index (κ1) is 13.9. The Balaban J connectivity index is 2.82. The minimum absolute atomic E-state index is 0.345. The van der Waals surface area contributed by atoms with E-state index in [2.05, 4.69) is 0 Å². The molecule has 0 aliphatic carbocycles. The van der Waals surface area contributed by atoms with Crippen LogP contribution in [0.15, 0.2) is 0 Å². The lowest BCUT2D eigenvalue weighted by Gasteiger charge is -2.39. The number of sulfonamides is 1. The van der Waals surface area contributed by atoms with E-state index in [1.807, 2.05) is 6.92 Å². The van der Waals surface area contributed by atoms with E-state index in [1.165, 1.54) is 11.2 Å². The van der Waals surface area contributed by atoms with Gasteiger partial charge in [-0.1, -0.05) is 0 Å². The van der Waals surface area contributed by atoms with Gasteiger partial charge >= 0.3 is 0 Å². The topological polar surface area (TPSA) is 66.8 Å². The SMILES string of the molecule is COC1(C)CCCN(S(=O)(=O)C(C)CO)C1. The van der Waals surface area contributed by atoms with Gasteiger partial charge in [-0.25, -0.2) is 8.42 Å². The van der Waals surface area contributed by atoms with Crippen LogP contribution in [0.4, 0.5) is 0 Å². The summed E-state index contributed by atoms with van der Waals surface area (Å²) in [5, 5.41) is 8.21. The summed E-state index contributed by atoms with van der Waals surface area (Å²) in [7, 11) is -1.79. The molecule has 1 heterocycles. The zero-order valence-corrected chi connectivity index (χ0v) is 11.0. The average molecular weight is 251 g/mol. The summed E-state index contributed by atoms with van der Waals surface area (Å²) in [6.07, 6.45) is 1.66. The van der Waals surface area contributed by atoms with Gasteiger partial charge in [-0.3, -0.25) is 0 Å². The zero-order valence-electron chi connectivity index (χ0n) is 10.1. The van der Waals surface area contributed by atoms with Crippen LogP contribution in [-0.2, 0) is 14.8 Å². The van der Waals surface area contributed by atoms with Crippen LogP contribution in [0.3, 0.4) is 0 Å². The van der Waals surface area contributed by atoms with Gasteiger partial charge in [-0.05, 0) is 26.7 Å². The van der Waals surface area contributed by atoms with Gasteiger partial charge in [0, 0.05) is 20.2 Å². The minimum Gasteiger partial charge on any atom is -0.395 e. The maximum absolute atomic E-state index is 12.0. The van der Waals surface area contributed by atoms with Crippen LogP contribution in [0.25, 0.3) is 0 Å². The molecule has 0 aromatic carbocycles. The first-order valence-corrected chi connectivity index (χ1v) is 7.01. The first-order valence-electron chi connectivity index (χ1n) is 5.51. The summed E-state index contributed by atoms with van der Waals surface area (Å²) in [5.74, 6) is 0. The molecule has 1 aliphatic heterocycles. The highest BCUT2D eigenvalue weighted by molar-refractivity contribution is 7.89. The Hall–Kier alpha value is -0.170. The van der Waals surface area contributed by atoms with Gasteiger partial charge < -0.3 is 9.84 Å². The second kappa shape index (κ2) is 5.00. The Morgan fingerprint density at radius 1 is 1.56 bits per heavy atom. The quantitative estimate of drug-likeness (QED) is 0.775. The van der Waals surface area contributed by atoms with Crippen molar-refractivity contribution in [2.24, 2.45) is 0 Å². The number of ether oxygens (including phenoxy) is 1. The van der Waals surface area contributed by atoms with Crippen LogP contribution in [0, 0.1) is 0 Å². The molecule has 1 aliphatic rings. The highest BCUT2D eigenvalue weighted by Crippen LogP contribution is 2.26. The highest BCUT2D eigenvalue weighted by atomic mass is 32.2. The van der Waals surface area contributed by atoms with E-state index in [9.17, 15) is 8.42 Å². The third-order valence-corrected chi connectivity index (χ3v) is 5.44. The average Bonchev–Trinajstić information content (AvgIpc) is 2.28. The van der Waals surface area contributed by atoms with E-state index in [4.69, 9.17) is 9.84 Å². The summed E-state index contributed by atoms with van der Waals surface area (Å²) in [6, 6.07) is 0. The van der Waals surface area contributed by atoms with Crippen molar-refractivity contribution in [2.75, 3.05) is 26.8 Å². The molecule has 1 rings (SSSR count). The van der Waals surface area contributed by atoms with Crippen LogP contribution in [0.2, 0.25) is 0 Å². The van der Waals surface area contributed by atoms with Gasteiger partial charge in [0.1, 0.15) is 0 Å². The fourth-order valence-corrected chi connectivity index (χ4v) is 3.43. The maximum atomic E-state index is 12.0. The second-order valence-electron chi connectivity index (χ2n) is 4.63. The third kappa shape index (κ3) is 2.74. The Labute approximate surface area is 97.4 Å². The number of aliphatic hydroxyl groups is 1. The summed E-state index contributed by atoms with van der Waals surface area (Å²) < 4.78 is 30.8. The molecule has 1 fully saturated rings. The van der Waals surface area contributed by atoms with E-state index in [0.717, 1.165) is 12.8 Å². The number of hydrogen-bond donors (Lipinski definition) is 1. The Morgan fingerprint density at radius 2 is 2.19 bits per heavy atom. The molecule has 0 saturated carbocycles. The highest BCUT2D eigenvalue weighted by Gasteiger charge is 2.38. The molecule has 0 aromatic rings. The lowest BCUT2D eigenvalue weighted by molar-refractivity contribution is -0.0321. The predicted molar refractivity (Wildman–Crippen MR) is 61.7 cm³/mol. The van der Waals surface area contributed by atoms with Crippen molar-refractivity contribution in [2.45, 2.75) is 37.5 Å². The largest absolute Gasteiger partial charge is 0.395 e. The van der Waals surface area contributed by atoms with Crippen LogP contribution < -0.4 is 0 Å². The van der Waals surface area contributed by atoms with Crippen molar-refractivity contribution in [1.82, 2.24) is 4.31 Å². The van der Waals surface area contributed by atoms with E-state index in [-0.39, 0.29) is 6.61 Å². The third-order valence-electron chi connectivity index (χ3n) is 3.24. The normalized spacial score (nSPS) is 30.2. The molecule has 0 spiro atoms. The fraction of sp³-hybridized carbons (Fsp3) is 1.00. The van der Waals surface area contributed by atoms with E-state index >= 15 is 0 Å². The molecular weight excluding hydrogens is 230 g/mol. The molecule has 1 N–H and O–H groups in total. The van der Waals surface area contributed by atoms with E-state index in [1.54, 1.807) is 7.11 Å². The molecule has 2 atom stereocenters. The molecule has 16 heavy (non-hydrogen) atoms. The molecule has 0 radical (unpaired) electrons. The van der Waals surface area contributed by atoms with Gasteiger partial charge in [-0.15, -0.1) is 0 Å². The predicted octanol–water partition coefficient (Wildman–Crippen LogP) is 0.198. The number of aliphatic hydroxyl groups excluding tert-OH is 1. The molecule has 96 valence electrons. The van der Waals surface area contributed by atoms with Crippen molar-refractivity contribution in [3.05, 3.63) is 0 Å². The lowest BCUT2D eigenvalue weighted by Crippen LogP contribution is -2.52. The number of rotatable bonds is 4. The number of nitrogens with zero attached hydrogens (tertiary/aromatic N) is 1. The van der Waals surface area contributed by atoms with Crippen molar-refractivity contribution in [1.29, 1.82) is 0 Å². The van der Waals surface area contributed by atoms with E-state index < -0.39 is 20.9 Å². The Bertz CT molecular complexity index is 330. The monoisotopic (exact) mass is 251 g/mol. The van der Waals surface area contributed by atoms with Crippen molar-refractivity contribution < 1.29 is 18.3 Å². The Morgan fingerprint density at radius 3 is 2.69 bits per heavy atom. The lowest BCUT2D eigenvalue weighted by atomic mass is 9.96.